The third kappa shape index (κ3) is 2.86. The summed E-state index contributed by atoms with van der Waals surface area (Å²) in [7, 11) is 0. The Labute approximate surface area is 127 Å². The van der Waals surface area contributed by atoms with Gasteiger partial charge in [-0.05, 0) is 42.3 Å². The Kier molecular flexibility index (Phi) is 3.92. The molecule has 0 radical (unpaired) electrons. The lowest BCUT2D eigenvalue weighted by Crippen LogP contribution is -2.03. The van der Waals surface area contributed by atoms with Crippen LogP contribution >= 0.6 is 0 Å². The van der Waals surface area contributed by atoms with Gasteiger partial charge in [0.15, 0.2) is 0 Å². The summed E-state index contributed by atoms with van der Waals surface area (Å²) in [4.78, 5) is 12.1. The molecular formula is C18H15FO3. The van der Waals surface area contributed by atoms with E-state index in [1.54, 1.807) is 24.3 Å². The van der Waals surface area contributed by atoms with Crippen LogP contribution in [0.5, 0.6) is 5.75 Å². The topological polar surface area (TPSA) is 39.4 Å². The summed E-state index contributed by atoms with van der Waals surface area (Å²) in [5.74, 6) is 0.332. The lowest BCUT2D eigenvalue weighted by molar-refractivity contribution is 0.317. The predicted molar refractivity (Wildman–Crippen MR) is 83.7 cm³/mol. The first-order valence-electron chi connectivity index (χ1n) is 7.14. The van der Waals surface area contributed by atoms with Crippen molar-refractivity contribution in [3.8, 4) is 16.9 Å². The molecule has 0 N–H and O–H groups in total. The van der Waals surface area contributed by atoms with Gasteiger partial charge in [-0.2, -0.15) is 0 Å². The van der Waals surface area contributed by atoms with Crippen molar-refractivity contribution in [2.75, 3.05) is 6.61 Å². The van der Waals surface area contributed by atoms with Crippen LogP contribution in [-0.4, -0.2) is 6.61 Å². The third-order valence-electron chi connectivity index (χ3n) is 3.34. The number of rotatable bonds is 4. The number of ether oxygens (including phenoxy) is 1. The van der Waals surface area contributed by atoms with Crippen molar-refractivity contribution in [3.05, 3.63) is 64.8 Å². The molecule has 0 unspecified atom stereocenters. The maximum absolute atomic E-state index is 13.0. The van der Waals surface area contributed by atoms with Gasteiger partial charge in [-0.15, -0.1) is 0 Å². The van der Waals surface area contributed by atoms with Crippen LogP contribution in [0.15, 0.2) is 57.7 Å². The Morgan fingerprint density at radius 3 is 2.59 bits per heavy atom. The van der Waals surface area contributed by atoms with E-state index in [0.717, 1.165) is 11.8 Å². The van der Waals surface area contributed by atoms with Crippen LogP contribution in [0, 0.1) is 5.82 Å². The second-order valence-electron chi connectivity index (χ2n) is 5.00. The lowest BCUT2D eigenvalue weighted by Gasteiger charge is -2.06. The van der Waals surface area contributed by atoms with Gasteiger partial charge in [0.2, 0.25) is 0 Å². The van der Waals surface area contributed by atoms with Crippen LogP contribution in [0.2, 0.25) is 0 Å². The zero-order valence-corrected chi connectivity index (χ0v) is 12.1. The Bertz CT molecular complexity index is 850. The van der Waals surface area contributed by atoms with Crippen LogP contribution in [0.4, 0.5) is 4.39 Å². The Morgan fingerprint density at radius 1 is 1.09 bits per heavy atom. The van der Waals surface area contributed by atoms with E-state index in [0.29, 0.717) is 29.1 Å². The van der Waals surface area contributed by atoms with E-state index in [-0.39, 0.29) is 5.82 Å². The van der Waals surface area contributed by atoms with Crippen LogP contribution in [0.3, 0.4) is 0 Å². The lowest BCUT2D eigenvalue weighted by atomic mass is 10.1. The standard InChI is InChI=1S/C18H15FO3/c1-2-9-21-15-8-5-13-10-16(18(20)22-17(13)11-15)12-3-6-14(19)7-4-12/h3-8,10-11H,2,9H2,1H3. The number of benzene rings is 2. The van der Waals surface area contributed by atoms with E-state index in [1.165, 1.54) is 12.1 Å². The molecule has 3 aromatic rings. The summed E-state index contributed by atoms with van der Waals surface area (Å²) in [5.41, 5.74) is 1.06. The minimum atomic E-state index is -0.452. The molecule has 112 valence electrons. The zero-order valence-electron chi connectivity index (χ0n) is 12.1. The molecule has 0 atom stereocenters. The largest absolute Gasteiger partial charge is 0.493 e. The fourth-order valence-electron chi connectivity index (χ4n) is 2.23. The summed E-state index contributed by atoms with van der Waals surface area (Å²) < 4.78 is 23.9. The van der Waals surface area contributed by atoms with Gasteiger partial charge >= 0.3 is 5.63 Å². The fraction of sp³-hybridized carbons (Fsp3) is 0.167. The molecule has 0 saturated carbocycles. The Balaban J connectivity index is 2.05. The molecule has 2 aromatic carbocycles. The third-order valence-corrected chi connectivity index (χ3v) is 3.34. The zero-order chi connectivity index (χ0) is 15.5. The monoisotopic (exact) mass is 298 g/mol. The van der Waals surface area contributed by atoms with Crippen molar-refractivity contribution in [3.63, 3.8) is 0 Å². The van der Waals surface area contributed by atoms with E-state index in [9.17, 15) is 9.18 Å². The molecule has 0 saturated heterocycles. The minimum Gasteiger partial charge on any atom is -0.493 e. The normalized spacial score (nSPS) is 10.8. The molecule has 0 aliphatic heterocycles. The van der Waals surface area contributed by atoms with Crippen molar-refractivity contribution in [1.82, 2.24) is 0 Å². The summed E-state index contributed by atoms with van der Waals surface area (Å²) >= 11 is 0. The molecule has 3 nitrogen and oxygen atoms in total. The van der Waals surface area contributed by atoms with Crippen LogP contribution in [0.1, 0.15) is 13.3 Å². The van der Waals surface area contributed by atoms with E-state index in [1.807, 2.05) is 19.1 Å². The number of halogens is 1. The number of hydrogen-bond acceptors (Lipinski definition) is 3. The quantitative estimate of drug-likeness (QED) is 0.671. The summed E-state index contributed by atoms with van der Waals surface area (Å²) in [6, 6.07) is 12.9. The van der Waals surface area contributed by atoms with Gasteiger partial charge in [0.25, 0.3) is 0 Å². The predicted octanol–water partition coefficient (Wildman–Crippen LogP) is 4.39. The molecule has 0 amide bonds. The minimum absolute atomic E-state index is 0.341. The molecule has 4 heteroatoms. The van der Waals surface area contributed by atoms with Crippen molar-refractivity contribution >= 4 is 11.0 Å². The molecule has 0 bridgehead atoms. The van der Waals surface area contributed by atoms with Crippen molar-refractivity contribution in [1.29, 1.82) is 0 Å². The van der Waals surface area contributed by atoms with Crippen LogP contribution in [-0.2, 0) is 0 Å². The second-order valence-corrected chi connectivity index (χ2v) is 5.00. The summed E-state index contributed by atoms with van der Waals surface area (Å²) in [6.07, 6.45) is 0.908. The molecule has 3 rings (SSSR count). The highest BCUT2D eigenvalue weighted by Gasteiger charge is 2.09. The highest BCUT2D eigenvalue weighted by atomic mass is 19.1. The van der Waals surface area contributed by atoms with Gasteiger partial charge in [-0.1, -0.05) is 19.1 Å². The molecule has 0 spiro atoms. The van der Waals surface area contributed by atoms with Gasteiger partial charge < -0.3 is 9.15 Å². The Hall–Kier alpha value is -2.62. The number of hydrogen-bond donors (Lipinski definition) is 0. The molecule has 1 aromatic heterocycles. The van der Waals surface area contributed by atoms with Gasteiger partial charge in [0, 0.05) is 11.5 Å². The SMILES string of the molecule is CCCOc1ccc2cc(-c3ccc(F)cc3)c(=O)oc2c1. The number of fused-ring (bicyclic) bond motifs is 1. The summed E-state index contributed by atoms with van der Waals surface area (Å²) in [6.45, 7) is 2.64. The second kappa shape index (κ2) is 6.02. The first-order chi connectivity index (χ1) is 10.7. The van der Waals surface area contributed by atoms with Crippen LogP contribution in [0.25, 0.3) is 22.1 Å². The van der Waals surface area contributed by atoms with Gasteiger partial charge in [0.05, 0.1) is 12.2 Å². The van der Waals surface area contributed by atoms with E-state index in [2.05, 4.69) is 0 Å². The average molecular weight is 298 g/mol. The smallest absolute Gasteiger partial charge is 0.344 e. The van der Waals surface area contributed by atoms with E-state index < -0.39 is 5.63 Å². The molecule has 22 heavy (non-hydrogen) atoms. The molecule has 0 aliphatic rings. The molecule has 0 fully saturated rings. The first kappa shape index (κ1) is 14.3. The van der Waals surface area contributed by atoms with Crippen molar-refractivity contribution < 1.29 is 13.5 Å². The van der Waals surface area contributed by atoms with Gasteiger partial charge in [-0.25, -0.2) is 9.18 Å². The molecular weight excluding hydrogens is 283 g/mol. The van der Waals surface area contributed by atoms with Gasteiger partial charge in [-0.3, -0.25) is 0 Å². The van der Waals surface area contributed by atoms with Crippen molar-refractivity contribution in [2.24, 2.45) is 0 Å². The Morgan fingerprint density at radius 2 is 1.86 bits per heavy atom. The van der Waals surface area contributed by atoms with Gasteiger partial charge in [0.1, 0.15) is 17.1 Å². The first-order valence-corrected chi connectivity index (χ1v) is 7.14. The van der Waals surface area contributed by atoms with Crippen molar-refractivity contribution in [2.45, 2.75) is 13.3 Å². The highest BCUT2D eigenvalue weighted by Crippen LogP contribution is 2.24. The van der Waals surface area contributed by atoms with Crippen LogP contribution < -0.4 is 10.4 Å². The molecule has 0 aliphatic carbocycles. The maximum atomic E-state index is 13.0. The summed E-state index contributed by atoms with van der Waals surface area (Å²) in [5, 5.41) is 0.794. The maximum Gasteiger partial charge on any atom is 0.344 e. The highest BCUT2D eigenvalue weighted by molar-refractivity contribution is 5.82. The molecule has 1 heterocycles. The van der Waals surface area contributed by atoms with E-state index in [4.69, 9.17) is 9.15 Å². The average Bonchev–Trinajstić information content (AvgIpc) is 2.53. The fourth-order valence-corrected chi connectivity index (χ4v) is 2.23. The van der Waals surface area contributed by atoms with E-state index >= 15 is 0 Å².